The molecule has 136 valence electrons. The van der Waals surface area contributed by atoms with E-state index in [2.05, 4.69) is 20.5 Å². The lowest BCUT2D eigenvalue weighted by molar-refractivity contribution is 0.0954. The second-order valence-corrected chi connectivity index (χ2v) is 7.07. The average molecular weight is 344 g/mol. The van der Waals surface area contributed by atoms with Crippen molar-refractivity contribution in [2.24, 2.45) is 10.4 Å². The molecular weight excluding hydrogens is 316 g/mol. The highest BCUT2D eigenvalue weighted by atomic mass is 16.5. The number of aliphatic imine (C=N–C) groups is 1. The van der Waals surface area contributed by atoms with Crippen molar-refractivity contribution < 1.29 is 9.53 Å². The van der Waals surface area contributed by atoms with Crippen LogP contribution in [0.15, 0.2) is 29.3 Å². The van der Waals surface area contributed by atoms with Crippen molar-refractivity contribution in [3.8, 4) is 0 Å². The average Bonchev–Trinajstić information content (AvgIpc) is 3.25. The fourth-order valence-corrected chi connectivity index (χ4v) is 3.66. The molecule has 2 aliphatic heterocycles. The molecule has 2 aliphatic rings. The van der Waals surface area contributed by atoms with Crippen molar-refractivity contribution >= 4 is 11.9 Å². The highest BCUT2D eigenvalue weighted by Gasteiger charge is 2.42. The molecule has 25 heavy (non-hydrogen) atoms. The first-order valence-corrected chi connectivity index (χ1v) is 9.00. The van der Waals surface area contributed by atoms with Crippen LogP contribution in [-0.4, -0.2) is 63.2 Å². The summed E-state index contributed by atoms with van der Waals surface area (Å²) >= 11 is 0. The minimum absolute atomic E-state index is 0.0382. The van der Waals surface area contributed by atoms with Crippen LogP contribution < -0.4 is 10.6 Å². The fraction of sp³-hybridized carbons (Fsp3) is 0.579. The first kappa shape index (κ1) is 17.7. The van der Waals surface area contributed by atoms with Gasteiger partial charge in [-0.15, -0.1) is 0 Å². The van der Waals surface area contributed by atoms with E-state index in [1.165, 1.54) is 0 Å². The van der Waals surface area contributed by atoms with Crippen LogP contribution >= 0.6 is 0 Å². The Balaban J connectivity index is 1.42. The summed E-state index contributed by atoms with van der Waals surface area (Å²) in [5.41, 5.74) is 2.11. The number of aryl methyl sites for hydroxylation is 1. The SMILES string of the molecule is CN=C(NCCNC(=O)c1cccc(C)c1)N1CCC2(CCOC2)C1. The summed E-state index contributed by atoms with van der Waals surface area (Å²) in [6.45, 7) is 6.97. The number of guanidine groups is 1. The van der Waals surface area contributed by atoms with Crippen molar-refractivity contribution in [3.63, 3.8) is 0 Å². The van der Waals surface area contributed by atoms with E-state index in [0.29, 0.717) is 24.1 Å². The highest BCUT2D eigenvalue weighted by molar-refractivity contribution is 5.94. The number of likely N-dealkylation sites (tertiary alicyclic amines) is 1. The van der Waals surface area contributed by atoms with E-state index in [1.807, 2.05) is 38.2 Å². The molecule has 2 saturated heterocycles. The standard InChI is InChI=1S/C19H28N4O2/c1-15-4-3-5-16(12-15)17(24)21-8-9-22-18(20-2)23-10-6-19(13-23)7-11-25-14-19/h3-5,12H,6-11,13-14H2,1-2H3,(H,20,22)(H,21,24). The molecule has 0 saturated carbocycles. The number of rotatable bonds is 4. The predicted octanol–water partition coefficient (Wildman–Crippen LogP) is 1.41. The van der Waals surface area contributed by atoms with Gasteiger partial charge in [-0.1, -0.05) is 17.7 Å². The van der Waals surface area contributed by atoms with Gasteiger partial charge >= 0.3 is 0 Å². The predicted molar refractivity (Wildman–Crippen MR) is 98.9 cm³/mol. The van der Waals surface area contributed by atoms with Gasteiger partial charge in [0.2, 0.25) is 0 Å². The molecule has 1 aromatic carbocycles. The number of nitrogens with zero attached hydrogens (tertiary/aromatic N) is 2. The second kappa shape index (κ2) is 7.87. The lowest BCUT2D eigenvalue weighted by Crippen LogP contribution is -2.44. The van der Waals surface area contributed by atoms with E-state index in [-0.39, 0.29) is 5.91 Å². The van der Waals surface area contributed by atoms with Crippen molar-refractivity contribution in [1.82, 2.24) is 15.5 Å². The van der Waals surface area contributed by atoms with Crippen molar-refractivity contribution in [2.45, 2.75) is 19.8 Å². The summed E-state index contributed by atoms with van der Waals surface area (Å²) < 4.78 is 5.58. The van der Waals surface area contributed by atoms with Crippen LogP contribution in [0.25, 0.3) is 0 Å². The maximum atomic E-state index is 12.1. The molecule has 6 heteroatoms. The number of nitrogens with one attached hydrogen (secondary N) is 2. The van der Waals surface area contributed by atoms with Gasteiger partial charge in [0.25, 0.3) is 5.91 Å². The van der Waals surface area contributed by atoms with E-state index in [0.717, 1.165) is 50.7 Å². The van der Waals surface area contributed by atoms with Gasteiger partial charge in [0, 0.05) is 50.8 Å². The molecule has 2 N–H and O–H groups in total. The Kier molecular flexibility index (Phi) is 5.58. The van der Waals surface area contributed by atoms with E-state index >= 15 is 0 Å². The topological polar surface area (TPSA) is 66.0 Å². The molecule has 2 heterocycles. The summed E-state index contributed by atoms with van der Waals surface area (Å²) in [5.74, 6) is 0.872. The first-order chi connectivity index (χ1) is 12.1. The lowest BCUT2D eigenvalue weighted by Gasteiger charge is -2.25. The van der Waals surface area contributed by atoms with Crippen molar-refractivity contribution in [1.29, 1.82) is 0 Å². The molecule has 0 aromatic heterocycles. The molecule has 1 aromatic rings. The number of hydrogen-bond acceptors (Lipinski definition) is 3. The third-order valence-electron chi connectivity index (χ3n) is 5.11. The van der Waals surface area contributed by atoms with Gasteiger partial charge in [-0.05, 0) is 31.9 Å². The van der Waals surface area contributed by atoms with Gasteiger partial charge in [-0.25, -0.2) is 0 Å². The van der Waals surface area contributed by atoms with Crippen molar-refractivity contribution in [3.05, 3.63) is 35.4 Å². The molecule has 0 bridgehead atoms. The third kappa shape index (κ3) is 4.31. The Morgan fingerprint density at radius 1 is 1.32 bits per heavy atom. The molecule has 2 fully saturated rings. The van der Waals surface area contributed by atoms with Gasteiger partial charge in [-0.2, -0.15) is 0 Å². The Morgan fingerprint density at radius 3 is 2.88 bits per heavy atom. The van der Waals surface area contributed by atoms with Crippen LogP contribution in [0.4, 0.5) is 0 Å². The Bertz CT molecular complexity index is 638. The Morgan fingerprint density at radius 2 is 2.16 bits per heavy atom. The molecular formula is C19H28N4O2. The lowest BCUT2D eigenvalue weighted by atomic mass is 9.87. The van der Waals surface area contributed by atoms with E-state index in [4.69, 9.17) is 4.74 Å². The number of benzene rings is 1. The van der Waals surface area contributed by atoms with Crippen LogP contribution in [0.1, 0.15) is 28.8 Å². The van der Waals surface area contributed by atoms with Gasteiger partial charge in [0.15, 0.2) is 5.96 Å². The van der Waals surface area contributed by atoms with Crippen LogP contribution in [0, 0.1) is 12.3 Å². The zero-order valence-electron chi connectivity index (χ0n) is 15.2. The van der Waals surface area contributed by atoms with Gasteiger partial charge in [0.05, 0.1) is 6.61 Å². The molecule has 1 spiro atoms. The number of carbonyl (C=O) groups excluding carboxylic acids is 1. The molecule has 0 radical (unpaired) electrons. The summed E-state index contributed by atoms with van der Waals surface area (Å²) in [5, 5.41) is 6.31. The Hall–Kier alpha value is -2.08. The van der Waals surface area contributed by atoms with E-state index in [1.54, 1.807) is 0 Å². The third-order valence-corrected chi connectivity index (χ3v) is 5.11. The van der Waals surface area contributed by atoms with Crippen LogP contribution in [0.2, 0.25) is 0 Å². The first-order valence-electron chi connectivity index (χ1n) is 9.00. The van der Waals surface area contributed by atoms with Gasteiger partial charge in [0.1, 0.15) is 0 Å². The zero-order chi connectivity index (χ0) is 17.7. The van der Waals surface area contributed by atoms with Crippen LogP contribution in [0.5, 0.6) is 0 Å². The quantitative estimate of drug-likeness (QED) is 0.492. The van der Waals surface area contributed by atoms with Crippen LogP contribution in [0.3, 0.4) is 0 Å². The second-order valence-electron chi connectivity index (χ2n) is 7.07. The minimum Gasteiger partial charge on any atom is -0.381 e. The van der Waals surface area contributed by atoms with Gasteiger partial charge in [-0.3, -0.25) is 9.79 Å². The van der Waals surface area contributed by atoms with Crippen molar-refractivity contribution in [2.75, 3.05) is 46.4 Å². The zero-order valence-corrected chi connectivity index (χ0v) is 15.2. The normalized spacial score (nSPS) is 23.3. The van der Waals surface area contributed by atoms with Crippen LogP contribution in [-0.2, 0) is 4.74 Å². The fourth-order valence-electron chi connectivity index (χ4n) is 3.66. The largest absolute Gasteiger partial charge is 0.381 e. The Labute approximate surface area is 149 Å². The van der Waals surface area contributed by atoms with E-state index in [9.17, 15) is 4.79 Å². The summed E-state index contributed by atoms with van der Waals surface area (Å²) in [7, 11) is 1.81. The number of ether oxygens (including phenoxy) is 1. The molecule has 0 aliphatic carbocycles. The monoisotopic (exact) mass is 344 g/mol. The highest BCUT2D eigenvalue weighted by Crippen LogP contribution is 2.38. The van der Waals surface area contributed by atoms with E-state index < -0.39 is 0 Å². The number of carbonyl (C=O) groups is 1. The number of hydrogen-bond donors (Lipinski definition) is 2. The molecule has 1 atom stereocenters. The summed E-state index contributed by atoms with van der Waals surface area (Å²) in [6.07, 6.45) is 2.31. The molecule has 3 rings (SSSR count). The smallest absolute Gasteiger partial charge is 0.251 e. The molecule has 6 nitrogen and oxygen atoms in total. The van der Waals surface area contributed by atoms with Gasteiger partial charge < -0.3 is 20.3 Å². The summed E-state index contributed by atoms with van der Waals surface area (Å²) in [4.78, 5) is 18.8. The summed E-state index contributed by atoms with van der Waals surface area (Å²) in [6, 6.07) is 7.62. The minimum atomic E-state index is -0.0382. The molecule has 1 amide bonds. The maximum absolute atomic E-state index is 12.1. The number of amides is 1. The maximum Gasteiger partial charge on any atom is 0.251 e. The molecule has 1 unspecified atom stereocenters.